The molecule has 4 nitrogen and oxygen atoms in total. The van der Waals surface area contributed by atoms with E-state index >= 15 is 0 Å². The van der Waals surface area contributed by atoms with Crippen molar-refractivity contribution < 1.29 is 66.5 Å². The lowest BCUT2D eigenvalue weighted by Gasteiger charge is -2.40. The molecule has 0 aliphatic carbocycles. The van der Waals surface area contributed by atoms with Gasteiger partial charge in [-0.1, -0.05) is 6.92 Å². The molecule has 2 aliphatic rings. The van der Waals surface area contributed by atoms with Gasteiger partial charge in [0.2, 0.25) is 0 Å². The minimum Gasteiger partial charge on any atom is -1.00 e. The Kier molecular flexibility index (Phi) is 13.6. The molecular weight excluding hydrogens is 554 g/mol. The predicted molar refractivity (Wildman–Crippen MR) is 98.7 cm³/mol. The highest BCUT2D eigenvalue weighted by Crippen LogP contribution is 2.21. The van der Waals surface area contributed by atoms with Gasteiger partial charge >= 0.3 is 5.97 Å². The van der Waals surface area contributed by atoms with Crippen molar-refractivity contribution in [3.05, 3.63) is 0 Å². The van der Waals surface area contributed by atoms with Gasteiger partial charge in [-0.15, -0.1) is 0 Å². The van der Waals surface area contributed by atoms with Crippen molar-refractivity contribution in [2.24, 2.45) is 0 Å². The van der Waals surface area contributed by atoms with E-state index in [4.69, 9.17) is 4.74 Å². The van der Waals surface area contributed by atoms with Crippen molar-refractivity contribution in [3.8, 4) is 0 Å². The second-order valence-electron chi connectivity index (χ2n) is 8.79. The summed E-state index contributed by atoms with van der Waals surface area (Å²) in [6, 6.07) is 0. The lowest BCUT2D eigenvalue weighted by Crippen LogP contribution is -3.00. The van der Waals surface area contributed by atoms with E-state index in [1.54, 1.807) is 0 Å². The molecule has 6 heteroatoms. The first-order chi connectivity index (χ1) is 11.4. The van der Waals surface area contributed by atoms with Crippen LogP contribution < -0.4 is 48.0 Å². The van der Waals surface area contributed by atoms with Gasteiger partial charge in [0.15, 0.2) is 6.10 Å². The number of rotatable bonds is 6. The number of likely N-dealkylation sites (N-methyl/N-ethyl adjacent to an activating group) is 2. The van der Waals surface area contributed by atoms with Crippen LogP contribution in [-0.2, 0) is 9.53 Å². The summed E-state index contributed by atoms with van der Waals surface area (Å²) in [4.78, 5) is 12.0. The van der Waals surface area contributed by atoms with Crippen LogP contribution >= 0.6 is 0 Å². The standard InChI is InChI=1S/C20H40N2O2.2HI/c1-4-20(23)24-19(17-21(2)13-9-5-6-10-14-21)18-22(3)15-11-7-8-12-16-22;;/h19H,4-18H2,1-3H3;2*1H/q+2;;/p-2. The molecule has 2 fully saturated rings. The summed E-state index contributed by atoms with van der Waals surface area (Å²) in [5.74, 6) is -0.0251. The highest BCUT2D eigenvalue weighted by Gasteiger charge is 2.35. The quantitative estimate of drug-likeness (QED) is 0.191. The molecule has 2 aliphatic heterocycles. The van der Waals surface area contributed by atoms with Gasteiger partial charge in [-0.05, 0) is 51.4 Å². The minimum absolute atomic E-state index is 0. The van der Waals surface area contributed by atoms with Gasteiger partial charge in [0.25, 0.3) is 0 Å². The smallest absolute Gasteiger partial charge is 0.306 e. The molecule has 0 atom stereocenters. The maximum atomic E-state index is 12.0. The molecule has 0 saturated carbocycles. The second kappa shape index (κ2) is 13.1. The molecule has 0 bridgehead atoms. The van der Waals surface area contributed by atoms with Gasteiger partial charge < -0.3 is 61.7 Å². The molecule has 0 aromatic heterocycles. The van der Waals surface area contributed by atoms with Gasteiger partial charge in [0.1, 0.15) is 13.1 Å². The topological polar surface area (TPSA) is 26.3 Å². The Morgan fingerprint density at radius 1 is 0.769 bits per heavy atom. The van der Waals surface area contributed by atoms with Gasteiger partial charge in [-0.2, -0.15) is 0 Å². The Labute approximate surface area is 195 Å². The van der Waals surface area contributed by atoms with E-state index in [-0.39, 0.29) is 60.0 Å². The zero-order valence-corrected chi connectivity index (χ0v) is 21.5. The van der Waals surface area contributed by atoms with Crippen molar-refractivity contribution in [1.82, 2.24) is 0 Å². The zero-order chi connectivity index (χ0) is 17.5. The number of likely N-dealkylation sites (tertiary alicyclic amines) is 2. The van der Waals surface area contributed by atoms with E-state index in [1.165, 1.54) is 77.5 Å². The first-order valence-corrected chi connectivity index (χ1v) is 10.3. The van der Waals surface area contributed by atoms with Crippen LogP contribution in [0, 0.1) is 0 Å². The summed E-state index contributed by atoms with van der Waals surface area (Å²) in [6.07, 6.45) is 11.3. The van der Waals surface area contributed by atoms with Crippen LogP contribution in [0.5, 0.6) is 0 Å². The number of carbonyl (C=O) groups excluding carboxylic acids is 1. The lowest BCUT2D eigenvalue weighted by atomic mass is 10.2. The fourth-order valence-electron chi connectivity index (χ4n) is 4.65. The molecule has 0 aromatic rings. The molecule has 156 valence electrons. The number of nitrogens with zero attached hydrogens (tertiary/aromatic N) is 2. The van der Waals surface area contributed by atoms with Gasteiger partial charge in [-0.3, -0.25) is 4.79 Å². The Bertz CT molecular complexity index is 363. The molecule has 0 aromatic carbocycles. The SMILES string of the molecule is CCC(=O)OC(C[N+]1(C)CCCCCC1)C[N+]1(C)CCCCCC1.[I-].[I-]. The third-order valence-corrected chi connectivity index (χ3v) is 6.17. The predicted octanol–water partition coefficient (Wildman–Crippen LogP) is -2.64. The van der Waals surface area contributed by atoms with Crippen molar-refractivity contribution in [1.29, 1.82) is 0 Å². The molecule has 2 heterocycles. The molecule has 2 saturated heterocycles. The first-order valence-electron chi connectivity index (χ1n) is 10.3. The fourth-order valence-corrected chi connectivity index (χ4v) is 4.65. The van der Waals surface area contributed by atoms with Crippen LogP contribution in [-0.4, -0.2) is 74.4 Å². The van der Waals surface area contributed by atoms with Crippen molar-refractivity contribution in [2.45, 2.75) is 70.8 Å². The highest BCUT2D eigenvalue weighted by molar-refractivity contribution is 5.69. The number of ether oxygens (including phenoxy) is 1. The number of quaternary nitrogens is 2. The van der Waals surface area contributed by atoms with Gasteiger partial charge in [0.05, 0.1) is 40.3 Å². The Hall–Kier alpha value is 0.850. The summed E-state index contributed by atoms with van der Waals surface area (Å²) < 4.78 is 8.12. The van der Waals surface area contributed by atoms with Crippen LogP contribution in [0.3, 0.4) is 0 Å². The number of carbonyl (C=O) groups is 1. The molecule has 2 rings (SSSR count). The normalized spacial score (nSPS) is 22.3. The summed E-state index contributed by atoms with van der Waals surface area (Å²) in [5, 5.41) is 0. The van der Waals surface area contributed by atoms with Crippen LogP contribution in [0.25, 0.3) is 0 Å². The van der Waals surface area contributed by atoms with Crippen LogP contribution in [0.15, 0.2) is 0 Å². The molecule has 0 radical (unpaired) electrons. The fraction of sp³-hybridized carbons (Fsp3) is 0.950. The first kappa shape index (κ1) is 26.9. The summed E-state index contributed by atoms with van der Waals surface area (Å²) >= 11 is 0. The molecule has 26 heavy (non-hydrogen) atoms. The Balaban J connectivity index is 0.00000312. The Morgan fingerprint density at radius 2 is 1.12 bits per heavy atom. The van der Waals surface area contributed by atoms with Crippen LogP contribution in [0.4, 0.5) is 0 Å². The van der Waals surface area contributed by atoms with Crippen molar-refractivity contribution in [2.75, 3.05) is 53.4 Å². The van der Waals surface area contributed by atoms with Gasteiger partial charge in [0, 0.05) is 6.42 Å². The number of halogens is 2. The summed E-state index contributed by atoms with van der Waals surface area (Å²) in [6.45, 7) is 8.87. The highest BCUT2D eigenvalue weighted by atomic mass is 127. The van der Waals surface area contributed by atoms with E-state index in [9.17, 15) is 4.79 Å². The van der Waals surface area contributed by atoms with E-state index in [0.717, 1.165) is 22.1 Å². The molecular formula is C20H40I2N2O2. The van der Waals surface area contributed by atoms with E-state index in [2.05, 4.69) is 14.1 Å². The zero-order valence-electron chi connectivity index (χ0n) is 17.2. The Morgan fingerprint density at radius 3 is 1.42 bits per heavy atom. The maximum absolute atomic E-state index is 12.0. The van der Waals surface area contributed by atoms with Crippen molar-refractivity contribution in [3.63, 3.8) is 0 Å². The van der Waals surface area contributed by atoms with Crippen LogP contribution in [0.1, 0.15) is 64.7 Å². The molecule has 0 N–H and O–H groups in total. The van der Waals surface area contributed by atoms with E-state index in [1.807, 2.05) is 6.92 Å². The largest absolute Gasteiger partial charge is 1.00 e. The number of esters is 1. The van der Waals surface area contributed by atoms with E-state index < -0.39 is 0 Å². The van der Waals surface area contributed by atoms with Gasteiger partial charge in [-0.25, -0.2) is 0 Å². The monoisotopic (exact) mass is 594 g/mol. The third kappa shape index (κ3) is 9.37. The maximum Gasteiger partial charge on any atom is 0.306 e. The molecule has 0 spiro atoms. The number of hydrogen-bond donors (Lipinski definition) is 0. The summed E-state index contributed by atoms with van der Waals surface area (Å²) in [5.41, 5.74) is 0. The number of hydrogen-bond acceptors (Lipinski definition) is 2. The average Bonchev–Trinajstić information content (AvgIpc) is 2.87. The average molecular weight is 594 g/mol. The van der Waals surface area contributed by atoms with Crippen molar-refractivity contribution >= 4 is 5.97 Å². The lowest BCUT2D eigenvalue weighted by molar-refractivity contribution is -0.931. The second-order valence-corrected chi connectivity index (χ2v) is 8.79. The third-order valence-electron chi connectivity index (χ3n) is 6.17. The molecule has 0 amide bonds. The van der Waals surface area contributed by atoms with E-state index in [0.29, 0.717) is 6.42 Å². The molecule has 0 unspecified atom stereocenters. The minimum atomic E-state index is -0.0251. The van der Waals surface area contributed by atoms with Crippen LogP contribution in [0.2, 0.25) is 0 Å². The summed E-state index contributed by atoms with van der Waals surface area (Å²) in [7, 11) is 4.75.